The van der Waals surface area contributed by atoms with E-state index in [4.69, 9.17) is 0 Å². The lowest BCUT2D eigenvalue weighted by Gasteiger charge is -2.30. The summed E-state index contributed by atoms with van der Waals surface area (Å²) in [5.41, 5.74) is 0.800. The number of carboxylic acid groups (broad SMARTS) is 1. The van der Waals surface area contributed by atoms with Crippen LogP contribution in [0.25, 0.3) is 0 Å². The SMILES string of the molecule is CCN(c1cnc(C(C)C)nc1C(=O)O)C1CCCC1. The Morgan fingerprint density at radius 2 is 2.10 bits per heavy atom. The molecule has 5 nitrogen and oxygen atoms in total. The average molecular weight is 277 g/mol. The summed E-state index contributed by atoms with van der Waals surface area (Å²) in [4.78, 5) is 22.3. The Labute approximate surface area is 120 Å². The number of hydrogen-bond acceptors (Lipinski definition) is 4. The molecule has 110 valence electrons. The van der Waals surface area contributed by atoms with Crippen LogP contribution in [0.15, 0.2) is 6.20 Å². The Morgan fingerprint density at radius 3 is 2.60 bits per heavy atom. The summed E-state index contributed by atoms with van der Waals surface area (Å²) in [5, 5.41) is 9.44. The number of carboxylic acids is 1. The summed E-state index contributed by atoms with van der Waals surface area (Å²) in [6.45, 7) is 6.78. The average Bonchev–Trinajstić information content (AvgIpc) is 2.93. The molecule has 0 spiro atoms. The van der Waals surface area contributed by atoms with Gasteiger partial charge in [-0.15, -0.1) is 0 Å². The van der Waals surface area contributed by atoms with Crippen molar-refractivity contribution in [2.24, 2.45) is 0 Å². The highest BCUT2D eigenvalue weighted by molar-refractivity contribution is 5.92. The molecular formula is C15H23N3O2. The normalized spacial score (nSPS) is 15.8. The van der Waals surface area contributed by atoms with Crippen molar-refractivity contribution in [3.05, 3.63) is 17.7 Å². The van der Waals surface area contributed by atoms with Gasteiger partial charge in [0.1, 0.15) is 5.82 Å². The summed E-state index contributed by atoms with van der Waals surface area (Å²) in [6.07, 6.45) is 6.37. The molecule has 0 bridgehead atoms. The van der Waals surface area contributed by atoms with Gasteiger partial charge in [0.2, 0.25) is 0 Å². The second-order valence-electron chi connectivity index (χ2n) is 5.65. The standard InChI is InChI=1S/C15H23N3O2/c1-4-18(11-7-5-6-8-11)12-9-16-14(10(2)3)17-13(12)15(19)20/h9-11H,4-8H2,1-3H3,(H,19,20). The zero-order valence-electron chi connectivity index (χ0n) is 12.5. The van der Waals surface area contributed by atoms with E-state index in [9.17, 15) is 9.90 Å². The molecule has 0 aliphatic heterocycles. The molecule has 1 N–H and O–H groups in total. The number of carbonyl (C=O) groups is 1. The highest BCUT2D eigenvalue weighted by atomic mass is 16.4. The van der Waals surface area contributed by atoms with E-state index in [0.717, 1.165) is 19.4 Å². The fraction of sp³-hybridized carbons (Fsp3) is 0.667. The molecule has 0 atom stereocenters. The maximum absolute atomic E-state index is 11.5. The topological polar surface area (TPSA) is 66.3 Å². The van der Waals surface area contributed by atoms with Crippen LogP contribution in [0.1, 0.15) is 68.7 Å². The highest BCUT2D eigenvalue weighted by Gasteiger charge is 2.26. The zero-order valence-corrected chi connectivity index (χ0v) is 12.5. The van der Waals surface area contributed by atoms with E-state index in [1.807, 2.05) is 13.8 Å². The maximum Gasteiger partial charge on any atom is 0.356 e. The van der Waals surface area contributed by atoms with Gasteiger partial charge in [-0.25, -0.2) is 14.8 Å². The molecule has 0 radical (unpaired) electrons. The fourth-order valence-corrected chi connectivity index (χ4v) is 2.88. The van der Waals surface area contributed by atoms with Gasteiger partial charge in [-0.3, -0.25) is 0 Å². The smallest absolute Gasteiger partial charge is 0.356 e. The van der Waals surface area contributed by atoms with Crippen molar-refractivity contribution in [3.63, 3.8) is 0 Å². The molecule has 1 aliphatic rings. The quantitative estimate of drug-likeness (QED) is 0.896. The van der Waals surface area contributed by atoms with E-state index in [1.54, 1.807) is 6.20 Å². The van der Waals surface area contributed by atoms with Crippen LogP contribution >= 0.6 is 0 Å². The summed E-state index contributed by atoms with van der Waals surface area (Å²) >= 11 is 0. The third-order valence-corrected chi connectivity index (χ3v) is 3.92. The van der Waals surface area contributed by atoms with Crippen molar-refractivity contribution in [1.29, 1.82) is 0 Å². The molecule has 5 heteroatoms. The van der Waals surface area contributed by atoms with Crippen molar-refractivity contribution in [2.45, 2.75) is 58.4 Å². The van der Waals surface area contributed by atoms with Crippen molar-refractivity contribution in [2.75, 3.05) is 11.4 Å². The molecule has 2 rings (SSSR count). The molecule has 0 amide bonds. The van der Waals surface area contributed by atoms with Crippen molar-refractivity contribution < 1.29 is 9.90 Å². The number of anilines is 1. The van der Waals surface area contributed by atoms with Crippen LogP contribution in [0.3, 0.4) is 0 Å². The van der Waals surface area contributed by atoms with E-state index in [2.05, 4.69) is 21.8 Å². The Bertz CT molecular complexity index is 482. The first-order chi connectivity index (χ1) is 9.54. The Kier molecular flexibility index (Phi) is 4.57. The number of aromatic nitrogens is 2. The van der Waals surface area contributed by atoms with Gasteiger partial charge in [0.25, 0.3) is 0 Å². The van der Waals surface area contributed by atoms with E-state index in [0.29, 0.717) is 17.6 Å². The van der Waals surface area contributed by atoms with E-state index in [-0.39, 0.29) is 11.6 Å². The van der Waals surface area contributed by atoms with E-state index < -0.39 is 5.97 Å². The molecule has 20 heavy (non-hydrogen) atoms. The zero-order chi connectivity index (χ0) is 14.7. The minimum Gasteiger partial charge on any atom is -0.476 e. The van der Waals surface area contributed by atoms with Crippen LogP contribution in [0.5, 0.6) is 0 Å². The lowest BCUT2D eigenvalue weighted by Crippen LogP contribution is -2.34. The van der Waals surface area contributed by atoms with Gasteiger partial charge in [0.15, 0.2) is 5.69 Å². The Hall–Kier alpha value is -1.65. The van der Waals surface area contributed by atoms with Gasteiger partial charge in [0, 0.05) is 18.5 Å². The molecule has 1 fully saturated rings. The summed E-state index contributed by atoms with van der Waals surface area (Å²) < 4.78 is 0. The lowest BCUT2D eigenvalue weighted by atomic mass is 10.1. The minimum absolute atomic E-state index is 0.128. The van der Waals surface area contributed by atoms with Gasteiger partial charge in [-0.1, -0.05) is 26.7 Å². The lowest BCUT2D eigenvalue weighted by molar-refractivity contribution is 0.0690. The maximum atomic E-state index is 11.5. The molecule has 1 aromatic heterocycles. The first-order valence-electron chi connectivity index (χ1n) is 7.41. The van der Waals surface area contributed by atoms with E-state index in [1.165, 1.54) is 12.8 Å². The van der Waals surface area contributed by atoms with Crippen LogP contribution in [-0.2, 0) is 0 Å². The van der Waals surface area contributed by atoms with Crippen LogP contribution in [0.4, 0.5) is 5.69 Å². The van der Waals surface area contributed by atoms with Gasteiger partial charge in [-0.05, 0) is 19.8 Å². The first kappa shape index (κ1) is 14.8. The third kappa shape index (κ3) is 2.92. The first-order valence-corrected chi connectivity index (χ1v) is 7.41. The summed E-state index contributed by atoms with van der Waals surface area (Å²) in [5.74, 6) is -0.252. The predicted octanol–water partition coefficient (Wildman–Crippen LogP) is 3.07. The molecule has 0 saturated heterocycles. The van der Waals surface area contributed by atoms with Gasteiger partial charge >= 0.3 is 5.97 Å². The van der Waals surface area contributed by atoms with Crippen LogP contribution in [0, 0.1) is 0 Å². The molecule has 1 heterocycles. The Balaban J connectivity index is 2.40. The predicted molar refractivity (Wildman–Crippen MR) is 78.4 cm³/mol. The minimum atomic E-state index is -0.972. The molecule has 0 aromatic carbocycles. The summed E-state index contributed by atoms with van der Waals surface area (Å²) in [6, 6.07) is 0.423. The molecule has 1 saturated carbocycles. The molecule has 1 aliphatic carbocycles. The molecule has 1 aromatic rings. The van der Waals surface area contributed by atoms with Crippen molar-refractivity contribution in [3.8, 4) is 0 Å². The van der Waals surface area contributed by atoms with Crippen LogP contribution in [-0.4, -0.2) is 33.6 Å². The number of nitrogens with zero attached hydrogens (tertiary/aromatic N) is 3. The molecular weight excluding hydrogens is 254 g/mol. The van der Waals surface area contributed by atoms with E-state index >= 15 is 0 Å². The third-order valence-electron chi connectivity index (χ3n) is 3.92. The monoisotopic (exact) mass is 277 g/mol. The van der Waals surface area contributed by atoms with Crippen molar-refractivity contribution in [1.82, 2.24) is 9.97 Å². The van der Waals surface area contributed by atoms with Crippen LogP contribution in [0.2, 0.25) is 0 Å². The van der Waals surface area contributed by atoms with Gasteiger partial charge in [-0.2, -0.15) is 0 Å². The fourth-order valence-electron chi connectivity index (χ4n) is 2.88. The highest BCUT2D eigenvalue weighted by Crippen LogP contribution is 2.29. The number of aromatic carboxylic acids is 1. The Morgan fingerprint density at radius 1 is 1.45 bits per heavy atom. The molecule has 0 unspecified atom stereocenters. The number of rotatable bonds is 5. The van der Waals surface area contributed by atoms with Crippen LogP contribution < -0.4 is 4.90 Å². The summed E-state index contributed by atoms with van der Waals surface area (Å²) in [7, 11) is 0. The largest absolute Gasteiger partial charge is 0.476 e. The second kappa shape index (κ2) is 6.20. The number of hydrogen-bond donors (Lipinski definition) is 1. The van der Waals surface area contributed by atoms with Crippen molar-refractivity contribution >= 4 is 11.7 Å². The van der Waals surface area contributed by atoms with Gasteiger partial charge in [0.05, 0.1) is 11.9 Å². The second-order valence-corrected chi connectivity index (χ2v) is 5.65. The van der Waals surface area contributed by atoms with Gasteiger partial charge < -0.3 is 10.0 Å².